The zero-order chi connectivity index (χ0) is 8.15. The number of carboxylic acid groups (broad SMARTS) is 1. The molecule has 0 spiro atoms. The number of carbonyl (C=O) groups is 1. The third-order valence-electron chi connectivity index (χ3n) is 1.23. The van der Waals surface area contributed by atoms with E-state index in [4.69, 9.17) is 5.11 Å². The fourth-order valence-electron chi connectivity index (χ4n) is 0.599. The molecule has 1 atom stereocenters. The third-order valence-corrected chi connectivity index (χ3v) is 1.88. The van der Waals surface area contributed by atoms with Gasteiger partial charge in [0.1, 0.15) is 6.04 Å². The molecule has 0 aromatic rings. The molecule has 0 amide bonds. The summed E-state index contributed by atoms with van der Waals surface area (Å²) in [4.78, 5) is 12.2. The molecule has 60 valence electrons. The summed E-state index contributed by atoms with van der Waals surface area (Å²) < 4.78 is 0. The first kappa shape index (κ1) is 9.78. The molecule has 0 bridgehead atoms. The molecule has 4 heteroatoms. The normalized spacial score (nSPS) is 13.6. The standard InChI is InChI=1S/C6H13NO2S/c1-7(2)5(4-10-3)6(8)9/h5H,4H2,1-3H3,(H,8,9)/t5-/m1/s1. The predicted octanol–water partition coefficient (Wildman–Crippen LogP) is 0.364. The van der Waals surface area contributed by atoms with Crippen LogP contribution in [0.15, 0.2) is 0 Å². The summed E-state index contributed by atoms with van der Waals surface area (Å²) in [5.41, 5.74) is 0. The van der Waals surface area contributed by atoms with Crippen LogP contribution in [0.25, 0.3) is 0 Å². The Morgan fingerprint density at radius 1 is 1.70 bits per heavy atom. The van der Waals surface area contributed by atoms with Crippen LogP contribution in [0.5, 0.6) is 0 Å². The number of likely N-dealkylation sites (N-methyl/N-ethyl adjacent to an activating group) is 1. The molecule has 0 heterocycles. The molecule has 0 aromatic heterocycles. The van der Waals surface area contributed by atoms with Gasteiger partial charge >= 0.3 is 5.97 Å². The molecule has 0 unspecified atom stereocenters. The van der Waals surface area contributed by atoms with Gasteiger partial charge in [0.2, 0.25) is 0 Å². The van der Waals surface area contributed by atoms with E-state index in [2.05, 4.69) is 0 Å². The van der Waals surface area contributed by atoms with Crippen molar-refractivity contribution in [1.82, 2.24) is 4.90 Å². The van der Waals surface area contributed by atoms with Crippen LogP contribution in [-0.4, -0.2) is 48.1 Å². The highest BCUT2D eigenvalue weighted by molar-refractivity contribution is 7.98. The number of hydrogen-bond acceptors (Lipinski definition) is 3. The average Bonchev–Trinajstić information content (AvgIpc) is 1.81. The van der Waals surface area contributed by atoms with Crippen molar-refractivity contribution in [3.63, 3.8) is 0 Å². The highest BCUT2D eigenvalue weighted by Crippen LogP contribution is 2.01. The Labute approximate surface area is 65.4 Å². The zero-order valence-electron chi connectivity index (χ0n) is 6.50. The summed E-state index contributed by atoms with van der Waals surface area (Å²) in [5, 5.41) is 8.62. The maximum atomic E-state index is 10.5. The summed E-state index contributed by atoms with van der Waals surface area (Å²) in [6.07, 6.45) is 1.90. The fraction of sp³-hybridized carbons (Fsp3) is 0.833. The summed E-state index contributed by atoms with van der Waals surface area (Å²) in [6, 6.07) is -0.352. The van der Waals surface area contributed by atoms with Gasteiger partial charge in [-0.2, -0.15) is 11.8 Å². The second kappa shape index (κ2) is 4.57. The van der Waals surface area contributed by atoms with Crippen LogP contribution in [0.4, 0.5) is 0 Å². The zero-order valence-corrected chi connectivity index (χ0v) is 7.31. The average molecular weight is 163 g/mol. The monoisotopic (exact) mass is 163 g/mol. The Balaban J connectivity index is 3.85. The predicted molar refractivity (Wildman–Crippen MR) is 43.5 cm³/mol. The van der Waals surface area contributed by atoms with Crippen LogP contribution in [0.3, 0.4) is 0 Å². The molecule has 3 nitrogen and oxygen atoms in total. The van der Waals surface area contributed by atoms with Gasteiger partial charge in [0.05, 0.1) is 0 Å². The molecule has 1 N–H and O–H groups in total. The van der Waals surface area contributed by atoms with E-state index in [-0.39, 0.29) is 6.04 Å². The van der Waals surface area contributed by atoms with Gasteiger partial charge in [-0.05, 0) is 20.4 Å². The van der Waals surface area contributed by atoms with Crippen LogP contribution in [-0.2, 0) is 4.79 Å². The van der Waals surface area contributed by atoms with Crippen LogP contribution in [0.2, 0.25) is 0 Å². The van der Waals surface area contributed by atoms with E-state index in [1.165, 1.54) is 0 Å². The molecule has 0 saturated carbocycles. The van der Waals surface area contributed by atoms with Gasteiger partial charge in [-0.1, -0.05) is 0 Å². The van der Waals surface area contributed by atoms with E-state index in [1.807, 2.05) is 6.26 Å². The number of thioether (sulfide) groups is 1. The highest BCUT2D eigenvalue weighted by atomic mass is 32.2. The second-order valence-corrected chi connectivity index (χ2v) is 3.18. The Kier molecular flexibility index (Phi) is 4.47. The number of aliphatic carboxylic acids is 1. The molecule has 0 rings (SSSR count). The van der Waals surface area contributed by atoms with Gasteiger partial charge in [0.25, 0.3) is 0 Å². The third kappa shape index (κ3) is 3.08. The second-order valence-electron chi connectivity index (χ2n) is 2.27. The van der Waals surface area contributed by atoms with Gasteiger partial charge < -0.3 is 5.11 Å². The quantitative estimate of drug-likeness (QED) is 0.650. The van der Waals surface area contributed by atoms with Crippen LogP contribution >= 0.6 is 11.8 Å². The first-order chi connectivity index (χ1) is 4.59. The molecule has 0 aromatic carbocycles. The number of carboxylic acids is 1. The molecule has 0 radical (unpaired) electrons. The smallest absolute Gasteiger partial charge is 0.321 e. The van der Waals surface area contributed by atoms with Gasteiger partial charge in [0, 0.05) is 5.75 Å². The molecule has 0 saturated heterocycles. The van der Waals surface area contributed by atoms with E-state index in [0.29, 0.717) is 5.75 Å². The van der Waals surface area contributed by atoms with E-state index in [9.17, 15) is 4.79 Å². The number of nitrogens with zero attached hydrogens (tertiary/aromatic N) is 1. The van der Waals surface area contributed by atoms with E-state index in [0.717, 1.165) is 0 Å². The lowest BCUT2D eigenvalue weighted by Gasteiger charge is -2.18. The van der Waals surface area contributed by atoms with Gasteiger partial charge in [-0.3, -0.25) is 9.69 Å². The largest absolute Gasteiger partial charge is 0.480 e. The van der Waals surface area contributed by atoms with E-state index >= 15 is 0 Å². The molecular weight excluding hydrogens is 150 g/mol. The topological polar surface area (TPSA) is 40.5 Å². The lowest BCUT2D eigenvalue weighted by molar-refractivity contribution is -0.141. The molecule has 0 aliphatic heterocycles. The van der Waals surface area contributed by atoms with Gasteiger partial charge in [-0.15, -0.1) is 0 Å². The number of rotatable bonds is 4. The van der Waals surface area contributed by atoms with Crippen molar-refractivity contribution in [2.24, 2.45) is 0 Å². The molecule has 10 heavy (non-hydrogen) atoms. The first-order valence-electron chi connectivity index (χ1n) is 2.97. The van der Waals surface area contributed by atoms with Crippen LogP contribution < -0.4 is 0 Å². The Morgan fingerprint density at radius 3 is 2.30 bits per heavy atom. The van der Waals surface area contributed by atoms with Crippen molar-refractivity contribution >= 4 is 17.7 Å². The highest BCUT2D eigenvalue weighted by Gasteiger charge is 2.17. The van der Waals surface area contributed by atoms with Crippen LogP contribution in [0, 0.1) is 0 Å². The fourth-order valence-corrected chi connectivity index (χ4v) is 1.36. The van der Waals surface area contributed by atoms with E-state index < -0.39 is 5.97 Å². The van der Waals surface area contributed by atoms with Crippen molar-refractivity contribution in [3.05, 3.63) is 0 Å². The van der Waals surface area contributed by atoms with E-state index in [1.54, 1.807) is 30.8 Å². The minimum Gasteiger partial charge on any atom is -0.480 e. The van der Waals surface area contributed by atoms with Crippen molar-refractivity contribution in [2.75, 3.05) is 26.1 Å². The van der Waals surface area contributed by atoms with Gasteiger partial charge in [-0.25, -0.2) is 0 Å². The van der Waals surface area contributed by atoms with Crippen molar-refractivity contribution in [3.8, 4) is 0 Å². The lowest BCUT2D eigenvalue weighted by atomic mass is 10.3. The molecule has 0 aliphatic carbocycles. The Hall–Kier alpha value is -0.220. The Bertz CT molecular complexity index is 116. The SMILES string of the molecule is CSC[C@H](C(=O)O)N(C)C. The Morgan fingerprint density at radius 2 is 2.20 bits per heavy atom. The van der Waals surface area contributed by atoms with Crippen molar-refractivity contribution < 1.29 is 9.90 Å². The summed E-state index contributed by atoms with van der Waals surface area (Å²) >= 11 is 1.54. The lowest BCUT2D eigenvalue weighted by Crippen LogP contribution is -2.37. The maximum absolute atomic E-state index is 10.5. The first-order valence-corrected chi connectivity index (χ1v) is 4.37. The summed E-state index contributed by atoms with van der Waals surface area (Å²) in [6.45, 7) is 0. The molecule has 0 aliphatic rings. The maximum Gasteiger partial charge on any atom is 0.321 e. The van der Waals surface area contributed by atoms with Crippen molar-refractivity contribution in [2.45, 2.75) is 6.04 Å². The minimum atomic E-state index is -0.751. The number of hydrogen-bond donors (Lipinski definition) is 1. The summed E-state index contributed by atoms with van der Waals surface area (Å²) in [5.74, 6) is -0.109. The van der Waals surface area contributed by atoms with Gasteiger partial charge in [0.15, 0.2) is 0 Å². The van der Waals surface area contributed by atoms with Crippen LogP contribution in [0.1, 0.15) is 0 Å². The summed E-state index contributed by atoms with van der Waals surface area (Å²) in [7, 11) is 3.55. The van der Waals surface area contributed by atoms with Crippen molar-refractivity contribution in [1.29, 1.82) is 0 Å². The molecule has 0 fully saturated rings. The minimum absolute atomic E-state index is 0.352. The molecular formula is C6H13NO2S.